The Bertz CT molecular complexity index is 730. The molecule has 3 atom stereocenters. The maximum Gasteiger partial charge on any atom is 0.352 e. The van der Waals surface area contributed by atoms with Crippen molar-refractivity contribution in [2.24, 2.45) is 0 Å². The van der Waals surface area contributed by atoms with Crippen molar-refractivity contribution in [3.05, 3.63) is 35.4 Å². The second-order valence-corrected chi connectivity index (χ2v) is 6.55. The Labute approximate surface area is 146 Å². The Morgan fingerprint density at radius 3 is 2.88 bits per heavy atom. The van der Waals surface area contributed by atoms with Gasteiger partial charge in [0.2, 0.25) is 0 Å². The average Bonchev–Trinajstić information content (AvgIpc) is 3.12. The summed E-state index contributed by atoms with van der Waals surface area (Å²) in [5, 5.41) is 20.6. The van der Waals surface area contributed by atoms with Gasteiger partial charge in [-0.15, -0.1) is 11.8 Å². The van der Waals surface area contributed by atoms with Crippen LogP contribution in [0.15, 0.2) is 34.1 Å². The van der Waals surface area contributed by atoms with Crippen molar-refractivity contribution in [2.45, 2.75) is 17.5 Å². The lowest BCUT2D eigenvalue weighted by atomic mass is 10.0. The predicted octanol–water partition coefficient (Wildman–Crippen LogP) is -0.302. The molecule has 1 unspecified atom stereocenters. The minimum absolute atomic E-state index is 0.212. The number of ether oxygens (including phenoxy) is 1. The Morgan fingerprint density at radius 2 is 2.32 bits per heavy atom. The third-order valence-electron chi connectivity index (χ3n) is 4.01. The third-order valence-corrected chi connectivity index (χ3v) is 5.35. The molecule has 0 saturated carbocycles. The van der Waals surface area contributed by atoms with Gasteiger partial charge in [-0.1, -0.05) is 0 Å². The monoisotopic (exact) mass is 368 g/mol. The third kappa shape index (κ3) is 2.92. The molecule has 3 N–H and O–H groups in total. The van der Waals surface area contributed by atoms with Crippen molar-refractivity contribution in [1.29, 1.82) is 0 Å². The molecule has 2 amide bonds. The van der Waals surface area contributed by atoms with Gasteiger partial charge < -0.3 is 24.7 Å². The number of aliphatic hydroxyl groups is 1. The predicted molar refractivity (Wildman–Crippen MR) is 85.2 cm³/mol. The molecular weight excluding hydrogens is 352 g/mol. The molecule has 0 radical (unpaired) electrons. The van der Waals surface area contributed by atoms with Crippen molar-refractivity contribution in [2.75, 3.05) is 19.5 Å². The van der Waals surface area contributed by atoms with Crippen LogP contribution in [0.25, 0.3) is 0 Å². The van der Waals surface area contributed by atoms with Crippen LogP contribution in [0.2, 0.25) is 0 Å². The molecule has 25 heavy (non-hydrogen) atoms. The fraction of sp³-hybridized carbons (Fsp3) is 0.400. The van der Waals surface area contributed by atoms with Gasteiger partial charge in [0.15, 0.2) is 6.10 Å². The summed E-state index contributed by atoms with van der Waals surface area (Å²) in [4.78, 5) is 37.3. The van der Waals surface area contributed by atoms with E-state index in [2.05, 4.69) is 5.32 Å². The summed E-state index contributed by atoms with van der Waals surface area (Å²) in [6, 6.07) is 2.33. The number of rotatable bonds is 6. The smallest absolute Gasteiger partial charge is 0.352 e. The summed E-state index contributed by atoms with van der Waals surface area (Å²) in [5.41, 5.74) is 0.0632. The van der Waals surface area contributed by atoms with Crippen LogP contribution in [0.4, 0.5) is 0 Å². The molecule has 2 aliphatic heterocycles. The van der Waals surface area contributed by atoms with E-state index in [1.807, 2.05) is 0 Å². The lowest BCUT2D eigenvalue weighted by molar-refractivity contribution is -0.152. The number of hydrogen-bond donors (Lipinski definition) is 3. The summed E-state index contributed by atoms with van der Waals surface area (Å²) in [7, 11) is 1.34. The first-order valence-electron chi connectivity index (χ1n) is 7.37. The van der Waals surface area contributed by atoms with Crippen LogP contribution in [0, 0.1) is 0 Å². The summed E-state index contributed by atoms with van der Waals surface area (Å²) in [6.45, 7) is -0.438. The molecule has 0 bridgehead atoms. The molecule has 1 aromatic heterocycles. The first-order chi connectivity index (χ1) is 12.0. The van der Waals surface area contributed by atoms with E-state index in [9.17, 15) is 24.6 Å². The highest BCUT2D eigenvalue weighted by Crippen LogP contribution is 2.40. The number of β-lactam (4-membered cyclic amide) rings is 1. The molecule has 9 nitrogen and oxygen atoms in total. The average molecular weight is 368 g/mol. The lowest BCUT2D eigenvalue weighted by Gasteiger charge is -2.49. The number of methoxy groups -OCH3 is 1. The van der Waals surface area contributed by atoms with Crippen molar-refractivity contribution in [3.63, 3.8) is 0 Å². The Morgan fingerprint density at radius 1 is 1.56 bits per heavy atom. The molecule has 1 fully saturated rings. The Kier molecular flexibility index (Phi) is 4.84. The second kappa shape index (κ2) is 6.90. The number of carboxylic acids is 1. The Hall–Kier alpha value is -2.30. The van der Waals surface area contributed by atoms with Crippen LogP contribution in [-0.4, -0.2) is 63.8 Å². The lowest BCUT2D eigenvalue weighted by Crippen LogP contribution is -2.71. The zero-order valence-corrected chi connectivity index (χ0v) is 14.0. The van der Waals surface area contributed by atoms with Gasteiger partial charge in [-0.25, -0.2) is 4.79 Å². The van der Waals surface area contributed by atoms with Crippen LogP contribution in [0.3, 0.4) is 0 Å². The molecule has 134 valence electrons. The van der Waals surface area contributed by atoms with Gasteiger partial charge in [-0.05, 0) is 17.7 Å². The van der Waals surface area contributed by atoms with Crippen molar-refractivity contribution in [1.82, 2.24) is 10.2 Å². The van der Waals surface area contributed by atoms with E-state index >= 15 is 0 Å². The van der Waals surface area contributed by atoms with E-state index in [0.29, 0.717) is 5.76 Å². The normalized spacial score (nSPS) is 23.8. The molecule has 1 saturated heterocycles. The van der Waals surface area contributed by atoms with Gasteiger partial charge in [0.05, 0.1) is 12.9 Å². The number of hydrogen-bond acceptors (Lipinski definition) is 7. The largest absolute Gasteiger partial charge is 0.477 e. The standard InChI is InChI=1S/C15H16N2O7S/c1-23-11(8-3-2-4-24-8)12(19)16-9-13(20)17-10(15(21)22)7(5-18)6-25-14(9)17/h2-4,9,11,14,18H,5-6H2,1H3,(H,16,19)(H,21,22)/t9-,11?,14-/m1/s1. The molecule has 1 aromatic rings. The maximum absolute atomic E-state index is 12.4. The number of nitrogens with one attached hydrogen (secondary N) is 1. The van der Waals surface area contributed by atoms with E-state index in [1.54, 1.807) is 12.1 Å². The van der Waals surface area contributed by atoms with Gasteiger partial charge in [0.25, 0.3) is 11.8 Å². The number of carboxylic acid groups (broad SMARTS) is 1. The number of furan rings is 1. The molecule has 0 aromatic carbocycles. The first-order valence-corrected chi connectivity index (χ1v) is 8.42. The number of thioether (sulfide) groups is 1. The zero-order chi connectivity index (χ0) is 18.1. The summed E-state index contributed by atoms with van der Waals surface area (Å²) < 4.78 is 10.3. The van der Waals surface area contributed by atoms with Crippen molar-refractivity contribution in [3.8, 4) is 0 Å². The minimum atomic E-state index is -1.28. The highest BCUT2D eigenvalue weighted by molar-refractivity contribution is 8.00. The van der Waals surface area contributed by atoms with E-state index in [1.165, 1.54) is 25.1 Å². The van der Waals surface area contributed by atoms with Crippen LogP contribution >= 0.6 is 11.8 Å². The molecular formula is C15H16N2O7S. The van der Waals surface area contributed by atoms with Crippen LogP contribution < -0.4 is 5.32 Å². The summed E-state index contributed by atoms with van der Waals surface area (Å²) >= 11 is 1.28. The van der Waals surface area contributed by atoms with Crippen molar-refractivity contribution < 1.29 is 33.8 Å². The maximum atomic E-state index is 12.4. The molecule has 3 rings (SSSR count). The highest BCUT2D eigenvalue weighted by atomic mass is 32.2. The van der Waals surface area contributed by atoms with Crippen molar-refractivity contribution >= 4 is 29.5 Å². The van der Waals surface area contributed by atoms with E-state index in [-0.39, 0.29) is 17.0 Å². The first kappa shape index (κ1) is 17.5. The number of aliphatic carboxylic acids is 1. The van der Waals surface area contributed by atoms with Gasteiger partial charge in [-0.3, -0.25) is 14.5 Å². The fourth-order valence-corrected chi connectivity index (χ4v) is 4.16. The summed E-state index contributed by atoms with van der Waals surface area (Å²) in [5.74, 6) is -1.80. The molecule has 0 aliphatic carbocycles. The molecule has 3 heterocycles. The molecule has 10 heteroatoms. The van der Waals surface area contributed by atoms with Gasteiger partial charge in [-0.2, -0.15) is 0 Å². The quantitative estimate of drug-likeness (QED) is 0.584. The number of carbonyl (C=O) groups excluding carboxylic acids is 2. The van der Waals surface area contributed by atoms with E-state index in [4.69, 9.17) is 9.15 Å². The number of aliphatic hydroxyl groups excluding tert-OH is 1. The van der Waals surface area contributed by atoms with Crippen LogP contribution in [0.1, 0.15) is 11.9 Å². The highest BCUT2D eigenvalue weighted by Gasteiger charge is 2.54. The Balaban J connectivity index is 1.75. The van der Waals surface area contributed by atoms with E-state index in [0.717, 1.165) is 4.90 Å². The molecule has 2 aliphatic rings. The number of nitrogens with zero attached hydrogens (tertiary/aromatic N) is 1. The topological polar surface area (TPSA) is 129 Å². The molecule has 0 spiro atoms. The zero-order valence-electron chi connectivity index (χ0n) is 13.2. The van der Waals surface area contributed by atoms with Crippen LogP contribution in [-0.2, 0) is 19.1 Å². The minimum Gasteiger partial charge on any atom is -0.477 e. The summed E-state index contributed by atoms with van der Waals surface area (Å²) in [6.07, 6.45) is 0.398. The fourth-order valence-electron chi connectivity index (χ4n) is 2.83. The number of carbonyl (C=O) groups is 3. The van der Waals surface area contributed by atoms with E-state index < -0.39 is 41.9 Å². The number of amides is 2. The number of fused-ring (bicyclic) bond motifs is 1. The second-order valence-electron chi connectivity index (χ2n) is 5.44. The van der Waals surface area contributed by atoms with Crippen LogP contribution in [0.5, 0.6) is 0 Å². The van der Waals surface area contributed by atoms with Gasteiger partial charge >= 0.3 is 5.97 Å². The SMILES string of the molecule is COC(C(=O)N[C@@H]1C(=O)N2C(C(=O)O)=C(CO)CS[C@H]12)c1ccco1. The van der Waals surface area contributed by atoms with Gasteiger partial charge in [0, 0.05) is 12.9 Å². The van der Waals surface area contributed by atoms with Gasteiger partial charge in [0.1, 0.15) is 22.9 Å².